The molecule has 2 fully saturated rings. The van der Waals surface area contributed by atoms with Crippen LogP contribution in [0.25, 0.3) is 0 Å². The van der Waals surface area contributed by atoms with Gasteiger partial charge in [-0.25, -0.2) is 0 Å². The second kappa shape index (κ2) is 9.03. The Kier molecular flexibility index (Phi) is 6.72. The van der Waals surface area contributed by atoms with E-state index in [1.165, 1.54) is 19.3 Å². The van der Waals surface area contributed by atoms with E-state index in [2.05, 4.69) is 25.7 Å². The molecule has 0 unspecified atom stereocenters. The second-order valence-electron chi connectivity index (χ2n) is 10.6. The van der Waals surface area contributed by atoms with Gasteiger partial charge in [0.1, 0.15) is 6.10 Å². The molecule has 1 saturated heterocycles. The molecular weight excluding hydrogens is 429 g/mol. The molecule has 1 saturated carbocycles. The molecule has 168 valence electrons. The van der Waals surface area contributed by atoms with Crippen LogP contribution in [-0.2, 0) is 4.74 Å². The molecule has 3 atom stereocenters. The van der Waals surface area contributed by atoms with E-state index in [4.69, 9.17) is 27.9 Å². The first-order valence-electron chi connectivity index (χ1n) is 11.2. The highest BCUT2D eigenvalue weighted by molar-refractivity contribution is 6.30. The zero-order valence-electron chi connectivity index (χ0n) is 18.7. The standard InChI is InChI=1S/C26H33Cl2NO2/c1-25(2)12-22-13-26(3,16-25)17-29(22)14-23(30)15-31-24(18-4-8-20(27)9-5-18)19-6-10-21(28)11-7-19/h4-11,22-24,30H,12-17H2,1-3H3/t22-,23-,26-/m1/s1. The number of aliphatic hydroxyl groups is 1. The van der Waals surface area contributed by atoms with Crippen LogP contribution in [0.5, 0.6) is 0 Å². The zero-order valence-corrected chi connectivity index (χ0v) is 20.2. The summed E-state index contributed by atoms with van der Waals surface area (Å²) >= 11 is 12.2. The van der Waals surface area contributed by atoms with Crippen LogP contribution in [0.15, 0.2) is 48.5 Å². The number of β-amino-alcohol motifs (C(OH)–C–C–N with tert-alkyl or cyclic N) is 1. The van der Waals surface area contributed by atoms with Gasteiger partial charge in [0, 0.05) is 29.2 Å². The fraction of sp³-hybridized carbons (Fsp3) is 0.538. The Morgan fingerprint density at radius 2 is 1.52 bits per heavy atom. The molecule has 2 aromatic carbocycles. The third-order valence-corrected chi connectivity index (χ3v) is 7.27. The molecule has 1 aliphatic carbocycles. The maximum absolute atomic E-state index is 10.9. The van der Waals surface area contributed by atoms with Gasteiger partial charge in [-0.05, 0) is 65.5 Å². The lowest BCUT2D eigenvalue weighted by molar-refractivity contribution is -0.0112. The SMILES string of the molecule is CC1(C)C[C@@H]2C[C@@](C)(CN2C[C@@H](O)COC(c2ccc(Cl)cc2)c2ccc(Cl)cc2)C1. The number of aliphatic hydroxyl groups excluding tert-OH is 1. The first kappa shape index (κ1) is 23.1. The molecule has 0 amide bonds. The van der Waals surface area contributed by atoms with Crippen LogP contribution < -0.4 is 0 Å². The molecule has 1 N–H and O–H groups in total. The van der Waals surface area contributed by atoms with E-state index >= 15 is 0 Å². The van der Waals surface area contributed by atoms with Crippen molar-refractivity contribution in [3.8, 4) is 0 Å². The van der Waals surface area contributed by atoms with Gasteiger partial charge >= 0.3 is 0 Å². The van der Waals surface area contributed by atoms with E-state index in [1.807, 2.05) is 48.5 Å². The Morgan fingerprint density at radius 3 is 2.06 bits per heavy atom. The van der Waals surface area contributed by atoms with Crippen molar-refractivity contribution in [1.82, 2.24) is 4.90 Å². The minimum absolute atomic E-state index is 0.277. The maximum Gasteiger partial charge on any atom is 0.108 e. The van der Waals surface area contributed by atoms with Crippen LogP contribution in [-0.4, -0.2) is 41.8 Å². The van der Waals surface area contributed by atoms with Crippen molar-refractivity contribution in [3.63, 3.8) is 0 Å². The summed E-state index contributed by atoms with van der Waals surface area (Å²) in [5.74, 6) is 0. The number of benzene rings is 2. The molecule has 2 aliphatic rings. The predicted octanol–water partition coefficient (Wildman–Crippen LogP) is 6.36. The molecule has 0 radical (unpaired) electrons. The van der Waals surface area contributed by atoms with Crippen molar-refractivity contribution in [3.05, 3.63) is 69.7 Å². The lowest BCUT2D eigenvalue weighted by Crippen LogP contribution is -2.39. The lowest BCUT2D eigenvalue weighted by Gasteiger charge is -2.40. The number of rotatable bonds is 7. The van der Waals surface area contributed by atoms with E-state index in [1.54, 1.807) is 0 Å². The molecule has 0 spiro atoms. The van der Waals surface area contributed by atoms with Crippen LogP contribution in [0.1, 0.15) is 57.3 Å². The van der Waals surface area contributed by atoms with Crippen molar-refractivity contribution in [2.24, 2.45) is 10.8 Å². The number of hydrogen-bond donors (Lipinski definition) is 1. The summed E-state index contributed by atoms with van der Waals surface area (Å²) in [6.07, 6.45) is 2.89. The zero-order chi connectivity index (χ0) is 22.2. The Morgan fingerprint density at radius 1 is 0.968 bits per heavy atom. The summed E-state index contributed by atoms with van der Waals surface area (Å²) in [5.41, 5.74) is 2.75. The van der Waals surface area contributed by atoms with Gasteiger partial charge in [0.25, 0.3) is 0 Å². The van der Waals surface area contributed by atoms with Crippen molar-refractivity contribution in [1.29, 1.82) is 0 Å². The van der Waals surface area contributed by atoms with Crippen molar-refractivity contribution in [2.45, 2.75) is 58.3 Å². The number of likely N-dealkylation sites (tertiary alicyclic amines) is 1. The van der Waals surface area contributed by atoms with E-state index in [0.717, 1.165) is 17.7 Å². The van der Waals surface area contributed by atoms with Crippen LogP contribution in [0.3, 0.4) is 0 Å². The fourth-order valence-corrected chi connectivity index (χ4v) is 6.23. The van der Waals surface area contributed by atoms with Crippen molar-refractivity contribution < 1.29 is 9.84 Å². The normalized spacial score (nSPS) is 26.4. The smallest absolute Gasteiger partial charge is 0.108 e. The molecule has 1 heterocycles. The summed E-state index contributed by atoms with van der Waals surface area (Å²) in [4.78, 5) is 2.49. The van der Waals surface area contributed by atoms with Gasteiger partial charge < -0.3 is 9.84 Å². The molecule has 2 aromatic rings. The largest absolute Gasteiger partial charge is 0.389 e. The average Bonchev–Trinajstić information content (AvgIpc) is 2.92. The highest BCUT2D eigenvalue weighted by Gasteiger charge is 2.49. The summed E-state index contributed by atoms with van der Waals surface area (Å²) < 4.78 is 6.28. The van der Waals surface area contributed by atoms with Gasteiger partial charge in [-0.3, -0.25) is 4.90 Å². The molecule has 1 aliphatic heterocycles. The number of ether oxygens (including phenoxy) is 1. The van der Waals surface area contributed by atoms with Gasteiger partial charge in [0.2, 0.25) is 0 Å². The van der Waals surface area contributed by atoms with Crippen molar-refractivity contribution >= 4 is 23.2 Å². The molecule has 4 rings (SSSR count). The third-order valence-electron chi connectivity index (χ3n) is 6.77. The van der Waals surface area contributed by atoms with E-state index in [-0.39, 0.29) is 12.7 Å². The number of nitrogens with zero attached hydrogens (tertiary/aromatic N) is 1. The van der Waals surface area contributed by atoms with E-state index in [9.17, 15) is 5.11 Å². The van der Waals surface area contributed by atoms with Crippen LogP contribution in [0, 0.1) is 10.8 Å². The number of hydrogen-bond acceptors (Lipinski definition) is 3. The van der Waals surface area contributed by atoms with Gasteiger partial charge in [-0.2, -0.15) is 0 Å². The minimum Gasteiger partial charge on any atom is -0.389 e. The minimum atomic E-state index is -0.534. The fourth-order valence-electron chi connectivity index (χ4n) is 5.98. The molecule has 2 bridgehead atoms. The van der Waals surface area contributed by atoms with Gasteiger partial charge in [0.05, 0.1) is 12.7 Å². The van der Waals surface area contributed by atoms with E-state index < -0.39 is 6.10 Å². The molecular formula is C26H33Cl2NO2. The second-order valence-corrected chi connectivity index (χ2v) is 11.5. The van der Waals surface area contributed by atoms with E-state index in [0.29, 0.717) is 33.5 Å². The first-order chi connectivity index (χ1) is 14.6. The Labute approximate surface area is 196 Å². The topological polar surface area (TPSA) is 32.7 Å². The van der Waals surface area contributed by atoms with Crippen LogP contribution in [0.2, 0.25) is 10.0 Å². The molecule has 0 aromatic heterocycles. The van der Waals surface area contributed by atoms with Crippen molar-refractivity contribution in [2.75, 3.05) is 19.7 Å². The monoisotopic (exact) mass is 461 g/mol. The van der Waals surface area contributed by atoms with Crippen LogP contribution >= 0.6 is 23.2 Å². The third kappa shape index (κ3) is 5.64. The summed E-state index contributed by atoms with van der Waals surface area (Å²) in [6.45, 7) is 9.16. The molecule has 3 nitrogen and oxygen atoms in total. The highest BCUT2D eigenvalue weighted by Crippen LogP contribution is 2.52. The maximum atomic E-state index is 10.9. The number of fused-ring (bicyclic) bond motifs is 2. The van der Waals surface area contributed by atoms with Gasteiger partial charge in [-0.1, -0.05) is 68.2 Å². The average molecular weight is 462 g/mol. The Hall–Kier alpha value is -1.10. The molecule has 31 heavy (non-hydrogen) atoms. The first-order valence-corrected chi connectivity index (χ1v) is 11.9. The predicted molar refractivity (Wildman–Crippen MR) is 128 cm³/mol. The quantitative estimate of drug-likeness (QED) is 0.520. The lowest BCUT2D eigenvalue weighted by atomic mass is 9.65. The highest BCUT2D eigenvalue weighted by atomic mass is 35.5. The van der Waals surface area contributed by atoms with Gasteiger partial charge in [0.15, 0.2) is 0 Å². The summed E-state index contributed by atoms with van der Waals surface area (Å²) in [7, 11) is 0. The summed E-state index contributed by atoms with van der Waals surface area (Å²) in [6, 6.07) is 15.9. The Balaban J connectivity index is 1.42. The molecule has 5 heteroatoms. The van der Waals surface area contributed by atoms with Gasteiger partial charge in [-0.15, -0.1) is 0 Å². The Bertz CT molecular complexity index is 838. The number of halogens is 2. The van der Waals surface area contributed by atoms with Crippen LogP contribution in [0.4, 0.5) is 0 Å². The summed E-state index contributed by atoms with van der Waals surface area (Å²) in [5, 5.41) is 12.2.